The van der Waals surface area contributed by atoms with Crippen molar-refractivity contribution in [3.05, 3.63) is 42.1 Å². The fourth-order valence-electron chi connectivity index (χ4n) is 2.84. The normalized spacial score (nSPS) is 12.1. The molecule has 4 rings (SSSR count). The van der Waals surface area contributed by atoms with Crippen molar-refractivity contribution >= 4 is 22.8 Å². The van der Waals surface area contributed by atoms with Crippen molar-refractivity contribution in [3.63, 3.8) is 0 Å². The minimum absolute atomic E-state index is 0.0866. The summed E-state index contributed by atoms with van der Waals surface area (Å²) in [5.74, 6) is -0.340. The van der Waals surface area contributed by atoms with E-state index < -0.39 is 17.9 Å². The van der Waals surface area contributed by atoms with Gasteiger partial charge in [-0.3, -0.25) is 5.10 Å². The highest BCUT2D eigenvalue weighted by Gasteiger charge is 2.26. The fourth-order valence-corrected chi connectivity index (χ4v) is 2.84. The van der Waals surface area contributed by atoms with Gasteiger partial charge in [-0.1, -0.05) is 0 Å². The number of aromatic nitrogens is 7. The zero-order valence-corrected chi connectivity index (χ0v) is 15.4. The molecule has 150 valence electrons. The van der Waals surface area contributed by atoms with E-state index >= 15 is 0 Å². The molecule has 12 heteroatoms. The van der Waals surface area contributed by atoms with Gasteiger partial charge in [0.05, 0.1) is 28.3 Å². The van der Waals surface area contributed by atoms with Gasteiger partial charge in [-0.15, -0.1) is 0 Å². The van der Waals surface area contributed by atoms with E-state index in [4.69, 9.17) is 5.73 Å². The second kappa shape index (κ2) is 6.72. The number of fused-ring (bicyclic) bond motifs is 1. The Bertz CT molecular complexity index is 1180. The Kier molecular flexibility index (Phi) is 4.32. The molecule has 0 unspecified atom stereocenters. The second-order valence-electron chi connectivity index (χ2n) is 6.84. The predicted molar refractivity (Wildman–Crippen MR) is 99.4 cm³/mol. The molecule has 0 bridgehead atoms. The number of benzene rings is 1. The highest BCUT2D eigenvalue weighted by atomic mass is 19.3. The van der Waals surface area contributed by atoms with Gasteiger partial charge in [0.2, 0.25) is 11.9 Å². The number of hydrogen-bond donors (Lipinski definition) is 3. The molecule has 0 fully saturated rings. The quantitative estimate of drug-likeness (QED) is 0.468. The van der Waals surface area contributed by atoms with Crippen molar-refractivity contribution < 1.29 is 13.2 Å². The average molecular weight is 403 g/mol. The number of rotatable bonds is 5. The van der Waals surface area contributed by atoms with E-state index in [1.807, 2.05) is 0 Å². The number of anilines is 2. The maximum absolute atomic E-state index is 14.3. The van der Waals surface area contributed by atoms with Crippen molar-refractivity contribution in [3.8, 4) is 11.4 Å². The maximum atomic E-state index is 14.3. The average Bonchev–Trinajstić information content (AvgIpc) is 3.31. The largest absolute Gasteiger partial charge is 0.368 e. The summed E-state index contributed by atoms with van der Waals surface area (Å²) >= 11 is 0. The van der Waals surface area contributed by atoms with Crippen molar-refractivity contribution in [2.75, 3.05) is 11.1 Å². The summed E-state index contributed by atoms with van der Waals surface area (Å²) in [5, 5.41) is 13.7. The molecular formula is C17H16F3N9. The van der Waals surface area contributed by atoms with E-state index in [0.29, 0.717) is 26.8 Å². The van der Waals surface area contributed by atoms with Crippen LogP contribution < -0.4 is 11.1 Å². The summed E-state index contributed by atoms with van der Waals surface area (Å²) in [6.45, 7) is 0.702. The van der Waals surface area contributed by atoms with Crippen LogP contribution in [0, 0.1) is 5.82 Å². The van der Waals surface area contributed by atoms with Crippen LogP contribution in [-0.2, 0) is 5.54 Å². The number of H-pyrrole nitrogens is 1. The molecule has 1 aromatic carbocycles. The summed E-state index contributed by atoms with van der Waals surface area (Å²) in [4.78, 5) is 12.4. The van der Waals surface area contributed by atoms with Crippen LogP contribution in [0.15, 0.2) is 30.6 Å². The van der Waals surface area contributed by atoms with E-state index in [9.17, 15) is 13.2 Å². The summed E-state index contributed by atoms with van der Waals surface area (Å²) in [6, 6.07) is 4.37. The molecule has 4 N–H and O–H groups in total. The van der Waals surface area contributed by atoms with Crippen LogP contribution in [0.2, 0.25) is 0 Å². The topological polar surface area (TPSA) is 123 Å². The lowest BCUT2D eigenvalue weighted by atomic mass is 10.0. The molecule has 29 heavy (non-hydrogen) atoms. The lowest BCUT2D eigenvalue weighted by molar-refractivity contribution is 0.0558. The van der Waals surface area contributed by atoms with Gasteiger partial charge in [0.1, 0.15) is 5.82 Å². The predicted octanol–water partition coefficient (Wildman–Crippen LogP) is 3.08. The number of nitrogens with one attached hydrogen (secondary N) is 2. The fraction of sp³-hybridized carbons (Fsp3) is 0.235. The summed E-state index contributed by atoms with van der Waals surface area (Å²) in [7, 11) is 0. The van der Waals surface area contributed by atoms with Gasteiger partial charge in [0.15, 0.2) is 5.82 Å². The molecule has 0 saturated heterocycles. The number of halogens is 3. The van der Waals surface area contributed by atoms with Crippen molar-refractivity contribution in [2.24, 2.45) is 0 Å². The Hall–Kier alpha value is -3.70. The molecule has 0 aliphatic rings. The summed E-state index contributed by atoms with van der Waals surface area (Å²) in [5.41, 5.74) is 6.09. The molecule has 4 aromatic rings. The van der Waals surface area contributed by atoms with E-state index in [1.54, 1.807) is 19.9 Å². The molecule has 3 heterocycles. The van der Waals surface area contributed by atoms with E-state index in [-0.39, 0.29) is 17.7 Å². The third-order valence-electron chi connectivity index (χ3n) is 4.29. The number of nitrogens with zero attached hydrogens (tertiary/aromatic N) is 6. The lowest BCUT2D eigenvalue weighted by Gasteiger charge is -2.24. The monoisotopic (exact) mass is 403 g/mol. The molecule has 0 saturated carbocycles. The van der Waals surface area contributed by atoms with Gasteiger partial charge in [-0.2, -0.15) is 33.9 Å². The number of aromatic amines is 1. The molecule has 0 amide bonds. The van der Waals surface area contributed by atoms with Crippen LogP contribution in [0.5, 0.6) is 0 Å². The van der Waals surface area contributed by atoms with Gasteiger partial charge in [-0.05, 0) is 32.0 Å². The van der Waals surface area contributed by atoms with Gasteiger partial charge < -0.3 is 11.1 Å². The van der Waals surface area contributed by atoms with Gasteiger partial charge in [0, 0.05) is 11.8 Å². The lowest BCUT2D eigenvalue weighted by Crippen LogP contribution is -2.30. The second-order valence-corrected chi connectivity index (χ2v) is 6.84. The van der Waals surface area contributed by atoms with Crippen LogP contribution in [0.4, 0.5) is 25.1 Å². The Morgan fingerprint density at radius 1 is 1.21 bits per heavy atom. The number of hydrogen-bond acceptors (Lipinski definition) is 7. The SMILES string of the molecule is CC(C)(Nc1nc(N)nc(-c2cc(F)c3cn[nH]c3c2)n1)c1ccn(C(F)F)n1. The Balaban J connectivity index is 1.68. The van der Waals surface area contributed by atoms with E-state index in [1.165, 1.54) is 24.5 Å². The van der Waals surface area contributed by atoms with Crippen molar-refractivity contribution in [2.45, 2.75) is 25.9 Å². The van der Waals surface area contributed by atoms with Gasteiger partial charge >= 0.3 is 6.55 Å². The zero-order chi connectivity index (χ0) is 20.8. The highest BCUT2D eigenvalue weighted by Crippen LogP contribution is 2.27. The summed E-state index contributed by atoms with van der Waals surface area (Å²) < 4.78 is 40.4. The van der Waals surface area contributed by atoms with Gasteiger partial charge in [-0.25, -0.2) is 9.07 Å². The third-order valence-corrected chi connectivity index (χ3v) is 4.29. The minimum Gasteiger partial charge on any atom is -0.368 e. The first-order valence-electron chi connectivity index (χ1n) is 8.49. The Morgan fingerprint density at radius 2 is 2.00 bits per heavy atom. The highest BCUT2D eigenvalue weighted by molar-refractivity contribution is 5.83. The first-order valence-corrected chi connectivity index (χ1v) is 8.49. The van der Waals surface area contributed by atoms with Gasteiger partial charge in [0.25, 0.3) is 0 Å². The molecule has 0 aliphatic heterocycles. The molecule has 0 radical (unpaired) electrons. The van der Waals surface area contributed by atoms with Crippen molar-refractivity contribution in [1.82, 2.24) is 34.9 Å². The standard InChI is InChI=1S/C17H16F3N9/c1-17(2,12-3-4-29(28-12)14(19)20)26-16-24-13(23-15(21)25-16)8-5-10(18)9-7-22-27-11(9)6-8/h3-7,14H,1-2H3,(H,22,27)(H3,21,23,24,25,26). The minimum atomic E-state index is -2.74. The van der Waals surface area contributed by atoms with E-state index in [2.05, 4.69) is 35.6 Å². The van der Waals surface area contributed by atoms with Crippen LogP contribution in [0.25, 0.3) is 22.3 Å². The summed E-state index contributed by atoms with van der Waals surface area (Å²) in [6.07, 6.45) is 2.56. The molecule has 3 aromatic heterocycles. The van der Waals surface area contributed by atoms with Crippen molar-refractivity contribution in [1.29, 1.82) is 0 Å². The first-order chi connectivity index (χ1) is 13.7. The van der Waals surface area contributed by atoms with Crippen LogP contribution in [-0.4, -0.2) is 34.9 Å². The number of nitrogen functional groups attached to an aromatic ring is 1. The molecule has 0 aliphatic carbocycles. The molecule has 0 atom stereocenters. The molecule has 0 spiro atoms. The third kappa shape index (κ3) is 3.56. The Labute approximate surface area is 162 Å². The molecular weight excluding hydrogens is 387 g/mol. The molecule has 9 nitrogen and oxygen atoms in total. The van der Waals surface area contributed by atoms with E-state index in [0.717, 1.165) is 0 Å². The Morgan fingerprint density at radius 3 is 2.72 bits per heavy atom. The number of nitrogens with two attached hydrogens (primary N) is 1. The number of alkyl halides is 2. The maximum Gasteiger partial charge on any atom is 0.333 e. The first kappa shape index (κ1) is 18.7. The smallest absolute Gasteiger partial charge is 0.333 e. The van der Waals surface area contributed by atoms with Crippen LogP contribution >= 0.6 is 0 Å². The van der Waals surface area contributed by atoms with Crippen LogP contribution in [0.1, 0.15) is 26.1 Å². The zero-order valence-electron chi connectivity index (χ0n) is 15.4. The van der Waals surface area contributed by atoms with Crippen LogP contribution in [0.3, 0.4) is 0 Å².